The Hall–Kier alpha value is -1.27. The van der Waals surface area contributed by atoms with Crippen LogP contribution in [0.3, 0.4) is 0 Å². The molecular formula is C9H10N2S. The third-order valence-electron chi connectivity index (χ3n) is 1.29. The minimum Gasteiger partial charge on any atom is -0.382 e. The van der Waals surface area contributed by atoms with Crippen molar-refractivity contribution in [2.75, 3.05) is 14.1 Å². The van der Waals surface area contributed by atoms with Crippen LogP contribution in [0.25, 0.3) is 5.57 Å². The molecule has 1 rings (SSSR count). The summed E-state index contributed by atoms with van der Waals surface area (Å²) in [6.45, 7) is 0. The quantitative estimate of drug-likeness (QED) is 0.649. The van der Waals surface area contributed by atoms with Crippen molar-refractivity contribution in [1.82, 2.24) is 4.90 Å². The summed E-state index contributed by atoms with van der Waals surface area (Å²) in [5.74, 6) is 0. The number of nitriles is 1. The minimum absolute atomic E-state index is 0.718. The third-order valence-corrected chi connectivity index (χ3v) is 2.20. The van der Waals surface area contributed by atoms with E-state index in [9.17, 15) is 0 Å². The first-order chi connectivity index (χ1) is 5.74. The minimum atomic E-state index is 0.718. The van der Waals surface area contributed by atoms with Crippen molar-refractivity contribution < 1.29 is 0 Å². The van der Waals surface area contributed by atoms with Gasteiger partial charge in [-0.1, -0.05) is 6.07 Å². The second-order valence-corrected chi connectivity index (χ2v) is 3.54. The van der Waals surface area contributed by atoms with E-state index < -0.39 is 0 Å². The Morgan fingerprint density at radius 3 is 2.83 bits per heavy atom. The topological polar surface area (TPSA) is 27.0 Å². The maximum atomic E-state index is 8.81. The van der Waals surface area contributed by atoms with Gasteiger partial charge in [0.05, 0.1) is 5.57 Å². The van der Waals surface area contributed by atoms with Gasteiger partial charge in [0, 0.05) is 25.2 Å². The Kier molecular flexibility index (Phi) is 2.89. The molecule has 0 fully saturated rings. The molecule has 2 nitrogen and oxygen atoms in total. The largest absolute Gasteiger partial charge is 0.382 e. The normalized spacial score (nSPS) is 10.9. The molecule has 0 aliphatic carbocycles. The molecule has 0 saturated carbocycles. The van der Waals surface area contributed by atoms with Gasteiger partial charge in [0.15, 0.2) is 0 Å². The fourth-order valence-electron chi connectivity index (χ4n) is 0.838. The highest BCUT2D eigenvalue weighted by Crippen LogP contribution is 2.19. The molecule has 0 bridgehead atoms. The molecule has 0 unspecified atom stereocenters. The van der Waals surface area contributed by atoms with Crippen LogP contribution in [0, 0.1) is 11.3 Å². The molecule has 3 heteroatoms. The second kappa shape index (κ2) is 3.93. The van der Waals surface area contributed by atoms with Crippen LogP contribution in [0.15, 0.2) is 23.7 Å². The highest BCUT2D eigenvalue weighted by Gasteiger charge is 2.00. The fraction of sp³-hybridized carbons (Fsp3) is 0.222. The molecule has 0 atom stereocenters. The van der Waals surface area contributed by atoms with Gasteiger partial charge in [-0.25, -0.2) is 0 Å². The van der Waals surface area contributed by atoms with Crippen molar-refractivity contribution in [3.05, 3.63) is 28.6 Å². The van der Waals surface area contributed by atoms with E-state index in [1.807, 2.05) is 42.7 Å². The summed E-state index contributed by atoms with van der Waals surface area (Å²) in [7, 11) is 3.82. The monoisotopic (exact) mass is 178 g/mol. The fourth-order valence-corrected chi connectivity index (χ4v) is 1.52. The van der Waals surface area contributed by atoms with Gasteiger partial charge in [-0.15, -0.1) is 11.3 Å². The number of hydrogen-bond donors (Lipinski definition) is 0. The lowest BCUT2D eigenvalue weighted by Gasteiger charge is -2.04. The van der Waals surface area contributed by atoms with E-state index in [0.29, 0.717) is 0 Å². The maximum Gasteiger partial charge on any atom is 0.102 e. The van der Waals surface area contributed by atoms with Gasteiger partial charge in [-0.3, -0.25) is 0 Å². The molecular weight excluding hydrogens is 168 g/mol. The van der Waals surface area contributed by atoms with E-state index in [0.717, 1.165) is 10.5 Å². The summed E-state index contributed by atoms with van der Waals surface area (Å²) in [4.78, 5) is 2.89. The van der Waals surface area contributed by atoms with Crippen LogP contribution in [-0.2, 0) is 0 Å². The summed E-state index contributed by atoms with van der Waals surface area (Å²) >= 11 is 1.58. The predicted molar refractivity (Wildman–Crippen MR) is 51.6 cm³/mol. The zero-order valence-electron chi connectivity index (χ0n) is 7.11. The lowest BCUT2D eigenvalue weighted by atomic mass is 10.2. The molecule has 62 valence electrons. The van der Waals surface area contributed by atoms with Gasteiger partial charge in [0.25, 0.3) is 0 Å². The number of thiophene rings is 1. The van der Waals surface area contributed by atoms with Crippen molar-refractivity contribution in [1.29, 1.82) is 5.26 Å². The average Bonchev–Trinajstić information content (AvgIpc) is 2.51. The number of rotatable bonds is 2. The number of nitrogens with zero attached hydrogens (tertiary/aromatic N) is 2. The second-order valence-electron chi connectivity index (χ2n) is 2.60. The summed E-state index contributed by atoms with van der Waals surface area (Å²) in [5, 5.41) is 10.8. The Bertz CT molecular complexity index is 304. The number of hydrogen-bond acceptors (Lipinski definition) is 3. The summed E-state index contributed by atoms with van der Waals surface area (Å²) in [6, 6.07) is 6.06. The van der Waals surface area contributed by atoms with E-state index in [-0.39, 0.29) is 0 Å². The molecule has 12 heavy (non-hydrogen) atoms. The van der Waals surface area contributed by atoms with Crippen LogP contribution in [-0.4, -0.2) is 19.0 Å². The van der Waals surface area contributed by atoms with Crippen molar-refractivity contribution in [3.8, 4) is 6.07 Å². The zero-order valence-corrected chi connectivity index (χ0v) is 7.93. The summed E-state index contributed by atoms with van der Waals surface area (Å²) < 4.78 is 0. The molecule has 1 heterocycles. The maximum absolute atomic E-state index is 8.81. The van der Waals surface area contributed by atoms with Crippen LogP contribution >= 0.6 is 11.3 Å². The molecule has 1 aromatic heterocycles. The summed E-state index contributed by atoms with van der Waals surface area (Å²) in [5.41, 5.74) is 0.718. The lowest BCUT2D eigenvalue weighted by Crippen LogP contribution is -2.01. The third kappa shape index (κ3) is 2.11. The Morgan fingerprint density at radius 1 is 1.67 bits per heavy atom. The highest BCUT2D eigenvalue weighted by molar-refractivity contribution is 7.11. The SMILES string of the molecule is CN(C)C=C(C#N)c1cccs1. The molecule has 0 aliphatic rings. The molecule has 0 N–H and O–H groups in total. The number of allylic oxidation sites excluding steroid dienone is 1. The Labute approximate surface area is 76.4 Å². The first-order valence-electron chi connectivity index (χ1n) is 3.56. The first kappa shape index (κ1) is 8.82. The van der Waals surface area contributed by atoms with Crippen LogP contribution in [0.2, 0.25) is 0 Å². The Morgan fingerprint density at radius 2 is 2.42 bits per heavy atom. The molecule has 0 radical (unpaired) electrons. The van der Waals surface area contributed by atoms with E-state index in [4.69, 9.17) is 5.26 Å². The Balaban J connectivity index is 2.93. The van der Waals surface area contributed by atoms with Gasteiger partial charge in [0.2, 0.25) is 0 Å². The van der Waals surface area contributed by atoms with Gasteiger partial charge < -0.3 is 4.90 Å². The first-order valence-corrected chi connectivity index (χ1v) is 4.44. The van der Waals surface area contributed by atoms with E-state index in [2.05, 4.69) is 6.07 Å². The molecule has 1 aromatic rings. The highest BCUT2D eigenvalue weighted by atomic mass is 32.1. The van der Waals surface area contributed by atoms with Crippen LogP contribution < -0.4 is 0 Å². The van der Waals surface area contributed by atoms with Gasteiger partial charge in [-0.2, -0.15) is 5.26 Å². The van der Waals surface area contributed by atoms with Crippen molar-refractivity contribution in [3.63, 3.8) is 0 Å². The predicted octanol–water partition coefficient (Wildman–Crippen LogP) is 2.17. The van der Waals surface area contributed by atoms with E-state index in [1.54, 1.807) is 11.3 Å². The van der Waals surface area contributed by atoms with Crippen molar-refractivity contribution in [2.24, 2.45) is 0 Å². The zero-order chi connectivity index (χ0) is 8.97. The van der Waals surface area contributed by atoms with Crippen LogP contribution in [0.4, 0.5) is 0 Å². The standard InChI is InChI=1S/C9H10N2S/c1-11(2)7-8(6-10)9-4-3-5-12-9/h3-5,7H,1-2H3. The smallest absolute Gasteiger partial charge is 0.102 e. The van der Waals surface area contributed by atoms with Crippen molar-refractivity contribution >= 4 is 16.9 Å². The van der Waals surface area contributed by atoms with Gasteiger partial charge in [0.1, 0.15) is 6.07 Å². The molecule has 0 spiro atoms. The molecule has 0 aliphatic heterocycles. The lowest BCUT2D eigenvalue weighted by molar-refractivity contribution is 0.566. The van der Waals surface area contributed by atoms with Gasteiger partial charge >= 0.3 is 0 Å². The van der Waals surface area contributed by atoms with Crippen LogP contribution in [0.1, 0.15) is 4.88 Å². The van der Waals surface area contributed by atoms with Gasteiger partial charge in [-0.05, 0) is 11.4 Å². The molecule has 0 aromatic carbocycles. The van der Waals surface area contributed by atoms with Crippen LogP contribution in [0.5, 0.6) is 0 Å². The summed E-state index contributed by atoms with van der Waals surface area (Å²) in [6.07, 6.45) is 1.83. The average molecular weight is 178 g/mol. The molecule has 0 amide bonds. The molecule has 0 saturated heterocycles. The van der Waals surface area contributed by atoms with E-state index in [1.165, 1.54) is 0 Å². The van der Waals surface area contributed by atoms with E-state index >= 15 is 0 Å². The van der Waals surface area contributed by atoms with Crippen molar-refractivity contribution in [2.45, 2.75) is 0 Å².